The van der Waals surface area contributed by atoms with Crippen LogP contribution in [-0.4, -0.2) is 5.78 Å². The fourth-order valence-electron chi connectivity index (χ4n) is 0.826. The molecule has 1 rings (SSSR count). The molecule has 0 fully saturated rings. The molecular formula is C9H5BrF2O. The Morgan fingerprint density at radius 1 is 1.46 bits per heavy atom. The molecule has 0 radical (unpaired) electrons. The summed E-state index contributed by atoms with van der Waals surface area (Å²) in [5.41, 5.74) is -0.191. The lowest BCUT2D eigenvalue weighted by atomic mass is 10.1. The van der Waals surface area contributed by atoms with E-state index in [0.29, 0.717) is 0 Å². The largest absolute Gasteiger partial charge is 0.289 e. The van der Waals surface area contributed by atoms with Crippen LogP contribution in [0.2, 0.25) is 0 Å². The summed E-state index contributed by atoms with van der Waals surface area (Å²) in [5, 5.41) is 0. The smallest absolute Gasteiger partial charge is 0.188 e. The molecule has 68 valence electrons. The second-order valence-corrected chi connectivity index (χ2v) is 3.08. The number of benzene rings is 1. The van der Waals surface area contributed by atoms with Crippen LogP contribution in [0, 0.1) is 11.6 Å². The summed E-state index contributed by atoms with van der Waals surface area (Å²) in [6.45, 7) is 3.20. The van der Waals surface area contributed by atoms with Gasteiger partial charge in [0.15, 0.2) is 11.6 Å². The topological polar surface area (TPSA) is 17.1 Å². The van der Waals surface area contributed by atoms with Gasteiger partial charge in [-0.05, 0) is 34.1 Å². The number of ketones is 1. The second-order valence-electron chi connectivity index (χ2n) is 2.29. The van der Waals surface area contributed by atoms with Gasteiger partial charge in [-0.1, -0.05) is 6.58 Å². The highest BCUT2D eigenvalue weighted by Gasteiger charge is 2.14. The van der Waals surface area contributed by atoms with Crippen LogP contribution in [0.15, 0.2) is 29.3 Å². The summed E-state index contributed by atoms with van der Waals surface area (Å²) in [6.07, 6.45) is 0.975. The van der Waals surface area contributed by atoms with E-state index in [1.807, 2.05) is 0 Å². The molecule has 0 bridgehead atoms. The average Bonchev–Trinajstić information content (AvgIpc) is 2.13. The SMILES string of the molecule is C=CC(=O)c1ccc(F)c(Br)c1F. The summed E-state index contributed by atoms with van der Waals surface area (Å²) < 4.78 is 25.5. The molecule has 4 heteroatoms. The van der Waals surface area contributed by atoms with Gasteiger partial charge in [-0.15, -0.1) is 0 Å². The van der Waals surface area contributed by atoms with E-state index >= 15 is 0 Å². The summed E-state index contributed by atoms with van der Waals surface area (Å²) in [4.78, 5) is 11.0. The number of hydrogen-bond donors (Lipinski definition) is 0. The van der Waals surface area contributed by atoms with Crippen LogP contribution in [0.1, 0.15) is 10.4 Å². The Bertz CT molecular complexity index is 374. The highest BCUT2D eigenvalue weighted by molar-refractivity contribution is 9.10. The van der Waals surface area contributed by atoms with Gasteiger partial charge in [0.25, 0.3) is 0 Å². The van der Waals surface area contributed by atoms with Crippen molar-refractivity contribution in [1.82, 2.24) is 0 Å². The fourth-order valence-corrected chi connectivity index (χ4v) is 1.17. The molecule has 1 aromatic rings. The van der Waals surface area contributed by atoms with Crippen LogP contribution in [0.5, 0.6) is 0 Å². The van der Waals surface area contributed by atoms with Crippen LogP contribution in [0.3, 0.4) is 0 Å². The van der Waals surface area contributed by atoms with Crippen LogP contribution in [-0.2, 0) is 0 Å². The highest BCUT2D eigenvalue weighted by Crippen LogP contribution is 2.22. The molecule has 13 heavy (non-hydrogen) atoms. The van der Waals surface area contributed by atoms with Crippen molar-refractivity contribution in [3.63, 3.8) is 0 Å². The zero-order valence-electron chi connectivity index (χ0n) is 6.48. The maximum absolute atomic E-state index is 13.1. The molecule has 0 aromatic heterocycles. The monoisotopic (exact) mass is 246 g/mol. The molecule has 0 unspecified atom stereocenters. The lowest BCUT2D eigenvalue weighted by Gasteiger charge is -2.01. The van der Waals surface area contributed by atoms with Crippen LogP contribution < -0.4 is 0 Å². The maximum atomic E-state index is 13.1. The average molecular weight is 247 g/mol. The van der Waals surface area contributed by atoms with E-state index in [9.17, 15) is 13.6 Å². The molecule has 0 saturated heterocycles. The van der Waals surface area contributed by atoms with Gasteiger partial charge in [-0.3, -0.25) is 4.79 Å². The number of allylic oxidation sites excluding steroid dienone is 1. The number of halogens is 3. The van der Waals surface area contributed by atoms with Crippen molar-refractivity contribution in [3.8, 4) is 0 Å². The molecule has 0 aliphatic rings. The predicted molar refractivity (Wildman–Crippen MR) is 48.6 cm³/mol. The van der Waals surface area contributed by atoms with E-state index in [2.05, 4.69) is 22.5 Å². The van der Waals surface area contributed by atoms with Gasteiger partial charge in [0.05, 0.1) is 10.0 Å². The highest BCUT2D eigenvalue weighted by atomic mass is 79.9. The lowest BCUT2D eigenvalue weighted by molar-refractivity contribution is 0.104. The van der Waals surface area contributed by atoms with Crippen molar-refractivity contribution >= 4 is 21.7 Å². The zero-order chi connectivity index (χ0) is 10.0. The van der Waals surface area contributed by atoms with E-state index in [1.165, 1.54) is 0 Å². The number of rotatable bonds is 2. The quantitative estimate of drug-likeness (QED) is 0.446. The Balaban J connectivity index is 3.33. The molecule has 0 amide bonds. The van der Waals surface area contributed by atoms with E-state index < -0.39 is 17.4 Å². The molecule has 0 saturated carbocycles. The Kier molecular flexibility index (Phi) is 2.93. The summed E-state index contributed by atoms with van der Waals surface area (Å²) in [6, 6.07) is 2.10. The Morgan fingerprint density at radius 2 is 2.08 bits per heavy atom. The van der Waals surface area contributed by atoms with E-state index in [1.54, 1.807) is 0 Å². The molecule has 0 N–H and O–H groups in total. The van der Waals surface area contributed by atoms with Crippen LogP contribution in [0.4, 0.5) is 8.78 Å². The zero-order valence-corrected chi connectivity index (χ0v) is 8.07. The minimum atomic E-state index is -0.898. The standard InChI is InChI=1S/C9H5BrF2O/c1-2-7(13)5-3-4-6(11)8(10)9(5)12/h2-4H,1H2. The summed E-state index contributed by atoms with van der Waals surface area (Å²) in [7, 11) is 0. The third-order valence-electron chi connectivity index (χ3n) is 1.49. The second kappa shape index (κ2) is 3.79. The normalized spacial score (nSPS) is 9.77. The summed E-state index contributed by atoms with van der Waals surface area (Å²) >= 11 is 2.69. The first kappa shape index (κ1) is 10.1. The Hall–Kier alpha value is -1.03. The first-order chi connectivity index (χ1) is 6.07. The number of carbonyl (C=O) groups excluding carboxylic acids is 1. The third kappa shape index (κ3) is 1.83. The minimum Gasteiger partial charge on any atom is -0.289 e. The van der Waals surface area contributed by atoms with Crippen molar-refractivity contribution in [2.45, 2.75) is 0 Å². The van der Waals surface area contributed by atoms with Crippen molar-refractivity contribution < 1.29 is 13.6 Å². The fraction of sp³-hybridized carbons (Fsp3) is 0. The van der Waals surface area contributed by atoms with Crippen molar-refractivity contribution in [2.75, 3.05) is 0 Å². The van der Waals surface area contributed by atoms with E-state index in [-0.39, 0.29) is 10.0 Å². The summed E-state index contributed by atoms with van der Waals surface area (Å²) in [5.74, 6) is -2.21. The van der Waals surface area contributed by atoms with Gasteiger partial charge >= 0.3 is 0 Å². The van der Waals surface area contributed by atoms with Crippen molar-refractivity contribution in [1.29, 1.82) is 0 Å². The van der Waals surface area contributed by atoms with Gasteiger partial charge in [0, 0.05) is 0 Å². The maximum Gasteiger partial charge on any atom is 0.188 e. The predicted octanol–water partition coefficient (Wildman–Crippen LogP) is 3.10. The lowest BCUT2D eigenvalue weighted by Crippen LogP contribution is -2.00. The molecule has 0 aliphatic heterocycles. The molecular weight excluding hydrogens is 242 g/mol. The van der Waals surface area contributed by atoms with Crippen molar-refractivity contribution in [2.24, 2.45) is 0 Å². The molecule has 0 aliphatic carbocycles. The first-order valence-corrected chi connectivity index (χ1v) is 4.17. The molecule has 0 atom stereocenters. The minimum absolute atomic E-state index is 0.191. The Morgan fingerprint density at radius 3 is 2.62 bits per heavy atom. The van der Waals surface area contributed by atoms with Gasteiger partial charge in [0.2, 0.25) is 0 Å². The van der Waals surface area contributed by atoms with Gasteiger partial charge in [-0.25, -0.2) is 8.78 Å². The van der Waals surface area contributed by atoms with Gasteiger partial charge in [0.1, 0.15) is 5.82 Å². The Labute approximate surface area is 82.2 Å². The molecule has 0 spiro atoms. The van der Waals surface area contributed by atoms with Crippen molar-refractivity contribution in [3.05, 3.63) is 46.5 Å². The molecule has 1 nitrogen and oxygen atoms in total. The van der Waals surface area contributed by atoms with Gasteiger partial charge < -0.3 is 0 Å². The third-order valence-corrected chi connectivity index (χ3v) is 2.21. The molecule has 1 aromatic carbocycles. The van der Waals surface area contributed by atoms with E-state index in [0.717, 1.165) is 18.2 Å². The number of carbonyl (C=O) groups is 1. The van der Waals surface area contributed by atoms with Crippen LogP contribution >= 0.6 is 15.9 Å². The van der Waals surface area contributed by atoms with Gasteiger partial charge in [-0.2, -0.15) is 0 Å². The number of hydrogen-bond acceptors (Lipinski definition) is 1. The van der Waals surface area contributed by atoms with Crippen LogP contribution in [0.25, 0.3) is 0 Å². The van der Waals surface area contributed by atoms with E-state index in [4.69, 9.17) is 0 Å². The first-order valence-electron chi connectivity index (χ1n) is 3.38. The molecule has 0 heterocycles.